The number of aryl methyl sites for hydroxylation is 1. The SMILES string of the molecule is Cc1ccccc1CN(C)C(N)=O. The van der Waals surface area contributed by atoms with Crippen molar-refractivity contribution in [1.82, 2.24) is 4.90 Å². The lowest BCUT2D eigenvalue weighted by atomic mass is 10.1. The summed E-state index contributed by atoms with van der Waals surface area (Å²) in [6.07, 6.45) is 0. The van der Waals surface area contributed by atoms with Crippen LogP contribution in [0, 0.1) is 6.92 Å². The van der Waals surface area contributed by atoms with Crippen molar-refractivity contribution in [1.29, 1.82) is 0 Å². The van der Waals surface area contributed by atoms with E-state index in [0.29, 0.717) is 6.54 Å². The number of hydrogen-bond donors (Lipinski definition) is 1. The molecule has 0 radical (unpaired) electrons. The number of benzene rings is 1. The molecule has 0 saturated carbocycles. The normalized spacial score (nSPS) is 9.69. The third-order valence-corrected chi connectivity index (χ3v) is 2.04. The third kappa shape index (κ3) is 2.47. The fourth-order valence-corrected chi connectivity index (χ4v) is 1.12. The predicted octanol–water partition coefficient (Wildman–Crippen LogP) is 1.51. The van der Waals surface area contributed by atoms with Crippen molar-refractivity contribution in [3.63, 3.8) is 0 Å². The van der Waals surface area contributed by atoms with Crippen LogP contribution in [0.2, 0.25) is 0 Å². The zero-order valence-electron chi connectivity index (χ0n) is 7.95. The molecule has 1 aromatic carbocycles. The fraction of sp³-hybridized carbons (Fsp3) is 0.300. The fourth-order valence-electron chi connectivity index (χ4n) is 1.12. The molecular formula is C10H14N2O. The summed E-state index contributed by atoms with van der Waals surface area (Å²) >= 11 is 0. The van der Waals surface area contributed by atoms with Crippen LogP contribution in [0.5, 0.6) is 0 Å². The molecule has 0 aliphatic rings. The minimum Gasteiger partial charge on any atom is -0.351 e. The van der Waals surface area contributed by atoms with Gasteiger partial charge in [-0.25, -0.2) is 4.79 Å². The zero-order chi connectivity index (χ0) is 9.84. The van der Waals surface area contributed by atoms with Crippen LogP contribution in [0.1, 0.15) is 11.1 Å². The Morgan fingerprint density at radius 2 is 2.08 bits per heavy atom. The van der Waals surface area contributed by atoms with Crippen molar-refractivity contribution in [3.8, 4) is 0 Å². The molecule has 0 spiro atoms. The van der Waals surface area contributed by atoms with Crippen molar-refractivity contribution in [2.45, 2.75) is 13.5 Å². The number of nitrogens with two attached hydrogens (primary N) is 1. The Morgan fingerprint density at radius 1 is 1.46 bits per heavy atom. The van der Waals surface area contributed by atoms with Gasteiger partial charge >= 0.3 is 6.03 Å². The standard InChI is InChI=1S/C10H14N2O/c1-8-5-3-4-6-9(8)7-12(2)10(11)13/h3-6H,7H2,1-2H3,(H2,11,13). The molecule has 2 N–H and O–H groups in total. The van der Waals surface area contributed by atoms with E-state index in [1.54, 1.807) is 7.05 Å². The van der Waals surface area contributed by atoms with E-state index >= 15 is 0 Å². The Balaban J connectivity index is 2.74. The molecule has 0 aliphatic carbocycles. The van der Waals surface area contributed by atoms with Crippen molar-refractivity contribution in [2.24, 2.45) is 5.73 Å². The summed E-state index contributed by atoms with van der Waals surface area (Å²) < 4.78 is 0. The summed E-state index contributed by atoms with van der Waals surface area (Å²) in [6, 6.07) is 7.54. The van der Waals surface area contributed by atoms with Crippen LogP contribution < -0.4 is 5.73 Å². The number of hydrogen-bond acceptors (Lipinski definition) is 1. The van der Waals surface area contributed by atoms with Crippen molar-refractivity contribution in [3.05, 3.63) is 35.4 Å². The molecule has 70 valence electrons. The van der Waals surface area contributed by atoms with E-state index in [1.165, 1.54) is 10.5 Å². The van der Waals surface area contributed by atoms with E-state index in [2.05, 4.69) is 0 Å². The summed E-state index contributed by atoms with van der Waals surface area (Å²) in [6.45, 7) is 2.59. The second kappa shape index (κ2) is 3.94. The Hall–Kier alpha value is -1.51. The molecule has 13 heavy (non-hydrogen) atoms. The molecule has 0 aliphatic heterocycles. The Morgan fingerprint density at radius 3 is 2.62 bits per heavy atom. The van der Waals surface area contributed by atoms with Crippen LogP contribution >= 0.6 is 0 Å². The van der Waals surface area contributed by atoms with Gasteiger partial charge in [-0.05, 0) is 18.1 Å². The number of rotatable bonds is 2. The number of urea groups is 1. The largest absolute Gasteiger partial charge is 0.351 e. The van der Waals surface area contributed by atoms with Gasteiger partial charge in [0.2, 0.25) is 0 Å². The summed E-state index contributed by atoms with van der Waals surface area (Å²) in [5, 5.41) is 0. The Labute approximate surface area is 78.2 Å². The van der Waals surface area contributed by atoms with Crippen LogP contribution in [-0.2, 0) is 6.54 Å². The van der Waals surface area contributed by atoms with Crippen molar-refractivity contribution < 1.29 is 4.79 Å². The smallest absolute Gasteiger partial charge is 0.314 e. The monoisotopic (exact) mass is 178 g/mol. The molecule has 3 nitrogen and oxygen atoms in total. The number of carbonyl (C=O) groups is 1. The van der Waals surface area contributed by atoms with Crippen molar-refractivity contribution >= 4 is 6.03 Å². The van der Waals surface area contributed by atoms with E-state index in [1.807, 2.05) is 31.2 Å². The first kappa shape index (κ1) is 9.58. The van der Waals surface area contributed by atoms with E-state index in [0.717, 1.165) is 5.56 Å². The molecule has 0 saturated heterocycles. The second-order valence-corrected chi connectivity index (χ2v) is 3.12. The second-order valence-electron chi connectivity index (χ2n) is 3.12. The van der Waals surface area contributed by atoms with E-state index in [-0.39, 0.29) is 0 Å². The molecule has 0 atom stereocenters. The van der Waals surface area contributed by atoms with Gasteiger partial charge in [-0.15, -0.1) is 0 Å². The van der Waals surface area contributed by atoms with Gasteiger partial charge in [0.25, 0.3) is 0 Å². The van der Waals surface area contributed by atoms with Gasteiger partial charge in [0, 0.05) is 13.6 Å². The topological polar surface area (TPSA) is 46.3 Å². The lowest BCUT2D eigenvalue weighted by molar-refractivity contribution is 0.216. The van der Waals surface area contributed by atoms with Gasteiger partial charge in [0.1, 0.15) is 0 Å². The first-order valence-electron chi connectivity index (χ1n) is 4.16. The van der Waals surface area contributed by atoms with Gasteiger partial charge < -0.3 is 10.6 Å². The molecule has 0 unspecified atom stereocenters. The highest BCUT2D eigenvalue weighted by molar-refractivity contribution is 5.71. The van der Waals surface area contributed by atoms with Crippen LogP contribution in [0.3, 0.4) is 0 Å². The number of primary amides is 1. The van der Waals surface area contributed by atoms with Crippen LogP contribution in [0.15, 0.2) is 24.3 Å². The first-order valence-corrected chi connectivity index (χ1v) is 4.16. The first-order chi connectivity index (χ1) is 6.11. The van der Waals surface area contributed by atoms with Gasteiger partial charge in [0.05, 0.1) is 0 Å². The summed E-state index contributed by atoms with van der Waals surface area (Å²) in [7, 11) is 1.69. The average Bonchev–Trinajstić information content (AvgIpc) is 2.08. The Bertz CT molecular complexity index is 310. The van der Waals surface area contributed by atoms with Gasteiger partial charge in [-0.1, -0.05) is 24.3 Å². The summed E-state index contributed by atoms with van der Waals surface area (Å²) in [4.78, 5) is 12.3. The zero-order valence-corrected chi connectivity index (χ0v) is 7.95. The van der Waals surface area contributed by atoms with Gasteiger partial charge in [0.15, 0.2) is 0 Å². The molecule has 1 rings (SSSR count). The molecule has 0 aromatic heterocycles. The molecule has 0 heterocycles. The molecule has 3 heteroatoms. The third-order valence-electron chi connectivity index (χ3n) is 2.04. The average molecular weight is 178 g/mol. The summed E-state index contributed by atoms with van der Waals surface area (Å²) in [5.41, 5.74) is 7.43. The maximum atomic E-state index is 10.8. The highest BCUT2D eigenvalue weighted by atomic mass is 16.2. The van der Waals surface area contributed by atoms with Crippen LogP contribution in [-0.4, -0.2) is 18.0 Å². The predicted molar refractivity (Wildman–Crippen MR) is 52.2 cm³/mol. The quantitative estimate of drug-likeness (QED) is 0.733. The highest BCUT2D eigenvalue weighted by Crippen LogP contribution is 2.08. The number of carbonyl (C=O) groups excluding carboxylic acids is 1. The molecule has 2 amide bonds. The minimum atomic E-state index is -0.400. The van der Waals surface area contributed by atoms with Gasteiger partial charge in [-0.3, -0.25) is 0 Å². The van der Waals surface area contributed by atoms with Crippen LogP contribution in [0.25, 0.3) is 0 Å². The van der Waals surface area contributed by atoms with E-state index in [4.69, 9.17) is 5.73 Å². The minimum absolute atomic E-state index is 0.400. The Kier molecular flexibility index (Phi) is 2.90. The lowest BCUT2D eigenvalue weighted by Gasteiger charge is -2.15. The molecular weight excluding hydrogens is 164 g/mol. The maximum Gasteiger partial charge on any atom is 0.314 e. The molecule has 0 bridgehead atoms. The van der Waals surface area contributed by atoms with Gasteiger partial charge in [-0.2, -0.15) is 0 Å². The molecule has 1 aromatic rings. The summed E-state index contributed by atoms with van der Waals surface area (Å²) in [5.74, 6) is 0. The lowest BCUT2D eigenvalue weighted by Crippen LogP contribution is -2.31. The molecule has 0 fully saturated rings. The maximum absolute atomic E-state index is 10.8. The number of amides is 2. The van der Waals surface area contributed by atoms with Crippen LogP contribution in [0.4, 0.5) is 4.79 Å². The van der Waals surface area contributed by atoms with Crippen molar-refractivity contribution in [2.75, 3.05) is 7.05 Å². The van der Waals surface area contributed by atoms with E-state index < -0.39 is 6.03 Å². The number of nitrogens with zero attached hydrogens (tertiary/aromatic N) is 1. The highest BCUT2D eigenvalue weighted by Gasteiger charge is 2.04. The van der Waals surface area contributed by atoms with E-state index in [9.17, 15) is 4.79 Å².